The van der Waals surface area contributed by atoms with E-state index in [2.05, 4.69) is 76.5 Å². The van der Waals surface area contributed by atoms with Gasteiger partial charge in [0.2, 0.25) is 0 Å². The molecule has 1 heterocycles. The fraction of sp³-hybridized carbons (Fsp3) is 0.316. The summed E-state index contributed by atoms with van der Waals surface area (Å²) in [6, 6.07) is 19.1. The van der Waals surface area contributed by atoms with Gasteiger partial charge in [0.1, 0.15) is 0 Å². The first-order valence-corrected chi connectivity index (χ1v) is 7.91. The molecule has 0 unspecified atom stereocenters. The Morgan fingerprint density at radius 2 is 1.73 bits per heavy atom. The van der Waals surface area contributed by atoms with Crippen molar-refractivity contribution in [1.29, 1.82) is 0 Å². The van der Waals surface area contributed by atoms with E-state index in [1.54, 1.807) is 0 Å². The third-order valence-corrected chi connectivity index (χ3v) is 4.01. The zero-order valence-corrected chi connectivity index (χ0v) is 13.2. The lowest BCUT2D eigenvalue weighted by Gasteiger charge is -2.33. The first-order chi connectivity index (χ1) is 10.8. The van der Waals surface area contributed by atoms with Crippen molar-refractivity contribution in [1.82, 2.24) is 9.91 Å². The van der Waals surface area contributed by atoms with Crippen LogP contribution in [0.15, 0.2) is 59.7 Å². The minimum absolute atomic E-state index is 0.995. The van der Waals surface area contributed by atoms with Crippen LogP contribution < -0.4 is 0 Å². The number of hydrogen-bond acceptors (Lipinski definition) is 3. The Kier molecular flexibility index (Phi) is 4.86. The standard InChI is InChI=1S/C19H23N3/c1-17-6-5-9-19(14-17)15-20-22-12-10-21(11-13-22)16-18-7-3-2-4-8-18/h2-9,14-15H,10-13,16H2,1H3/b20-15+. The van der Waals surface area contributed by atoms with Crippen molar-refractivity contribution in [3.05, 3.63) is 71.3 Å². The van der Waals surface area contributed by atoms with Gasteiger partial charge in [-0.3, -0.25) is 9.91 Å². The van der Waals surface area contributed by atoms with Gasteiger partial charge < -0.3 is 0 Å². The topological polar surface area (TPSA) is 18.8 Å². The molecule has 1 fully saturated rings. The van der Waals surface area contributed by atoms with Gasteiger partial charge in [-0.25, -0.2) is 0 Å². The minimum atomic E-state index is 0.995. The van der Waals surface area contributed by atoms with E-state index in [0.29, 0.717) is 0 Å². The summed E-state index contributed by atoms with van der Waals surface area (Å²) in [6.45, 7) is 7.28. The van der Waals surface area contributed by atoms with E-state index in [9.17, 15) is 0 Å². The minimum Gasteiger partial charge on any atom is -0.295 e. The van der Waals surface area contributed by atoms with E-state index in [1.165, 1.54) is 16.7 Å². The lowest BCUT2D eigenvalue weighted by Crippen LogP contribution is -2.43. The molecule has 0 N–H and O–H groups in total. The summed E-state index contributed by atoms with van der Waals surface area (Å²) < 4.78 is 0. The Bertz CT molecular complexity index is 614. The largest absolute Gasteiger partial charge is 0.295 e. The van der Waals surface area contributed by atoms with E-state index in [1.807, 2.05) is 6.21 Å². The van der Waals surface area contributed by atoms with Crippen molar-refractivity contribution >= 4 is 6.21 Å². The molecule has 0 amide bonds. The normalized spacial score (nSPS) is 16.3. The van der Waals surface area contributed by atoms with E-state index >= 15 is 0 Å². The molecule has 3 nitrogen and oxygen atoms in total. The van der Waals surface area contributed by atoms with E-state index in [-0.39, 0.29) is 0 Å². The predicted octanol–water partition coefficient (Wildman–Crippen LogP) is 3.15. The van der Waals surface area contributed by atoms with Crippen LogP contribution in [0.4, 0.5) is 0 Å². The maximum atomic E-state index is 4.62. The molecule has 0 aromatic heterocycles. The van der Waals surface area contributed by atoms with Crippen LogP contribution >= 0.6 is 0 Å². The first-order valence-electron chi connectivity index (χ1n) is 7.91. The number of hydrogen-bond donors (Lipinski definition) is 0. The monoisotopic (exact) mass is 293 g/mol. The molecule has 2 aromatic rings. The number of piperazine rings is 1. The Labute approximate surface area is 132 Å². The molecule has 1 aliphatic rings. The lowest BCUT2D eigenvalue weighted by atomic mass is 10.2. The maximum Gasteiger partial charge on any atom is 0.0543 e. The average Bonchev–Trinajstić information content (AvgIpc) is 2.55. The molecule has 2 aromatic carbocycles. The fourth-order valence-corrected chi connectivity index (χ4v) is 2.75. The lowest BCUT2D eigenvalue weighted by molar-refractivity contribution is 0.131. The van der Waals surface area contributed by atoms with Gasteiger partial charge in [0.15, 0.2) is 0 Å². The average molecular weight is 293 g/mol. The quantitative estimate of drug-likeness (QED) is 0.807. The molecule has 0 atom stereocenters. The molecule has 1 saturated heterocycles. The van der Waals surface area contributed by atoms with Crippen molar-refractivity contribution in [2.75, 3.05) is 26.2 Å². The Balaban J connectivity index is 1.49. The molecule has 1 aliphatic heterocycles. The summed E-state index contributed by atoms with van der Waals surface area (Å²) in [5.41, 5.74) is 3.84. The summed E-state index contributed by atoms with van der Waals surface area (Å²) in [4.78, 5) is 2.49. The van der Waals surface area contributed by atoms with Crippen LogP contribution in [-0.4, -0.2) is 42.3 Å². The predicted molar refractivity (Wildman–Crippen MR) is 92.1 cm³/mol. The van der Waals surface area contributed by atoms with Crippen molar-refractivity contribution in [2.45, 2.75) is 13.5 Å². The first kappa shape index (κ1) is 14.8. The molecule has 22 heavy (non-hydrogen) atoms. The molecule has 0 bridgehead atoms. The van der Waals surface area contributed by atoms with Gasteiger partial charge >= 0.3 is 0 Å². The third-order valence-electron chi connectivity index (χ3n) is 4.01. The van der Waals surface area contributed by atoms with Gasteiger partial charge in [0.25, 0.3) is 0 Å². The number of hydrazone groups is 1. The van der Waals surface area contributed by atoms with Crippen molar-refractivity contribution in [2.24, 2.45) is 5.10 Å². The van der Waals surface area contributed by atoms with E-state index in [0.717, 1.165) is 32.7 Å². The molecule has 0 radical (unpaired) electrons. The van der Waals surface area contributed by atoms with Gasteiger partial charge in [-0.2, -0.15) is 5.10 Å². The summed E-state index contributed by atoms with van der Waals surface area (Å²) >= 11 is 0. The van der Waals surface area contributed by atoms with Crippen LogP contribution in [0, 0.1) is 6.92 Å². The Hall–Kier alpha value is -2.13. The van der Waals surface area contributed by atoms with E-state index < -0.39 is 0 Å². The van der Waals surface area contributed by atoms with Crippen LogP contribution in [0.1, 0.15) is 16.7 Å². The SMILES string of the molecule is Cc1cccc(/C=N/N2CCN(Cc3ccccc3)CC2)c1. The summed E-state index contributed by atoms with van der Waals surface area (Å²) in [6.07, 6.45) is 1.97. The number of benzene rings is 2. The number of nitrogens with zero attached hydrogens (tertiary/aromatic N) is 3. The second-order valence-corrected chi connectivity index (χ2v) is 5.87. The highest BCUT2D eigenvalue weighted by Gasteiger charge is 2.15. The fourth-order valence-electron chi connectivity index (χ4n) is 2.75. The zero-order chi connectivity index (χ0) is 15.2. The van der Waals surface area contributed by atoms with Gasteiger partial charge in [-0.1, -0.05) is 60.2 Å². The van der Waals surface area contributed by atoms with Crippen molar-refractivity contribution in [3.8, 4) is 0 Å². The maximum absolute atomic E-state index is 4.62. The molecule has 3 rings (SSSR count). The molecule has 0 aliphatic carbocycles. The summed E-state index contributed by atoms with van der Waals surface area (Å²) in [5, 5.41) is 6.79. The second kappa shape index (κ2) is 7.23. The Morgan fingerprint density at radius 3 is 2.45 bits per heavy atom. The summed E-state index contributed by atoms with van der Waals surface area (Å²) in [5.74, 6) is 0. The summed E-state index contributed by atoms with van der Waals surface area (Å²) in [7, 11) is 0. The molecular formula is C19H23N3. The van der Waals surface area contributed by atoms with Crippen LogP contribution in [0.25, 0.3) is 0 Å². The van der Waals surface area contributed by atoms with Crippen LogP contribution in [0.2, 0.25) is 0 Å². The highest BCUT2D eigenvalue weighted by molar-refractivity contribution is 5.79. The Morgan fingerprint density at radius 1 is 0.955 bits per heavy atom. The second-order valence-electron chi connectivity index (χ2n) is 5.87. The van der Waals surface area contributed by atoms with Crippen molar-refractivity contribution < 1.29 is 0 Å². The molecular weight excluding hydrogens is 270 g/mol. The van der Waals surface area contributed by atoms with Crippen LogP contribution in [0.5, 0.6) is 0 Å². The smallest absolute Gasteiger partial charge is 0.0543 e. The number of aryl methyl sites for hydroxylation is 1. The number of rotatable bonds is 4. The zero-order valence-electron chi connectivity index (χ0n) is 13.2. The third kappa shape index (κ3) is 4.18. The van der Waals surface area contributed by atoms with Gasteiger partial charge in [-0.15, -0.1) is 0 Å². The van der Waals surface area contributed by atoms with Crippen LogP contribution in [0.3, 0.4) is 0 Å². The highest BCUT2D eigenvalue weighted by Crippen LogP contribution is 2.09. The van der Waals surface area contributed by atoms with Crippen LogP contribution in [-0.2, 0) is 6.54 Å². The van der Waals surface area contributed by atoms with Gasteiger partial charge in [-0.05, 0) is 18.1 Å². The molecule has 114 valence electrons. The van der Waals surface area contributed by atoms with Gasteiger partial charge in [0.05, 0.1) is 6.21 Å². The van der Waals surface area contributed by atoms with Gasteiger partial charge in [0, 0.05) is 32.7 Å². The van der Waals surface area contributed by atoms with Crippen molar-refractivity contribution in [3.63, 3.8) is 0 Å². The highest BCUT2D eigenvalue weighted by atomic mass is 15.5. The molecule has 3 heteroatoms. The van der Waals surface area contributed by atoms with E-state index in [4.69, 9.17) is 0 Å². The molecule has 0 saturated carbocycles. The molecule has 0 spiro atoms.